The Morgan fingerprint density at radius 2 is 1.77 bits per heavy atom. The maximum Gasteiger partial charge on any atom is 0.356 e. The van der Waals surface area contributed by atoms with Crippen molar-refractivity contribution in [2.75, 3.05) is 12.3 Å². The molecule has 0 saturated heterocycles. The first-order valence-corrected chi connectivity index (χ1v) is 10.3. The summed E-state index contributed by atoms with van der Waals surface area (Å²) in [6.45, 7) is -0.289. The van der Waals surface area contributed by atoms with E-state index in [1.165, 1.54) is 18.3 Å². The molecule has 0 unspecified atom stereocenters. The molecule has 1 heterocycles. The first kappa shape index (κ1) is 21.6. The Morgan fingerprint density at radius 3 is 2.35 bits per heavy atom. The van der Waals surface area contributed by atoms with Crippen LogP contribution in [0.5, 0.6) is 0 Å². The number of esters is 1. The fourth-order valence-electron chi connectivity index (χ4n) is 3.22. The van der Waals surface area contributed by atoms with E-state index in [1.807, 2.05) is 0 Å². The van der Waals surface area contributed by atoms with E-state index in [-0.39, 0.29) is 29.1 Å². The molecule has 0 radical (unpaired) electrons. The number of hydrogen-bond donors (Lipinski definition) is 4. The molecule has 0 saturated carbocycles. The van der Waals surface area contributed by atoms with Gasteiger partial charge in [0.15, 0.2) is 6.61 Å². The minimum atomic E-state index is -4.50. The first-order chi connectivity index (χ1) is 14.7. The second-order valence-corrected chi connectivity index (χ2v) is 7.91. The number of benzene rings is 2. The highest BCUT2D eigenvalue weighted by molar-refractivity contribution is 7.89. The van der Waals surface area contributed by atoms with Gasteiger partial charge in [0.1, 0.15) is 10.6 Å². The maximum atomic E-state index is 12.5. The van der Waals surface area contributed by atoms with E-state index >= 15 is 0 Å². The molecule has 0 fully saturated rings. The van der Waals surface area contributed by atoms with Crippen LogP contribution in [0.25, 0.3) is 22.3 Å². The maximum absolute atomic E-state index is 12.5. The standard InChI is InChI=1S/C21H18N4O5S/c1-2-10-30-21(27)18-13(8-9-25-18)15-11-14(12-6-4-3-5-7-12)17(22)16(20(23)26)19(15)31(24,28)29/h1,3-9,11,25H,10,22H2,(H2,23,26)(H2,24,28,29). The number of aromatic amines is 1. The third-order valence-corrected chi connectivity index (χ3v) is 5.46. The second-order valence-electron chi connectivity index (χ2n) is 6.41. The Morgan fingerprint density at radius 1 is 1.10 bits per heavy atom. The molecule has 3 rings (SSSR count). The number of rotatable bonds is 6. The molecule has 0 aliphatic heterocycles. The van der Waals surface area contributed by atoms with Crippen LogP contribution >= 0.6 is 0 Å². The summed E-state index contributed by atoms with van der Waals surface area (Å²) in [6.07, 6.45) is 6.52. The van der Waals surface area contributed by atoms with E-state index < -0.39 is 32.4 Å². The Bertz CT molecular complexity index is 1320. The van der Waals surface area contributed by atoms with Crippen LogP contribution in [0.2, 0.25) is 0 Å². The Balaban J connectivity index is 2.42. The zero-order chi connectivity index (χ0) is 22.8. The Hall–Kier alpha value is -4.07. The average molecular weight is 438 g/mol. The van der Waals surface area contributed by atoms with Crippen molar-refractivity contribution < 1.29 is 22.7 Å². The number of terminal acetylenes is 1. The van der Waals surface area contributed by atoms with Crippen molar-refractivity contribution in [1.29, 1.82) is 0 Å². The topological polar surface area (TPSA) is 171 Å². The van der Waals surface area contributed by atoms with E-state index in [1.54, 1.807) is 30.3 Å². The number of carbonyl (C=O) groups is 2. The van der Waals surface area contributed by atoms with Gasteiger partial charge in [0.2, 0.25) is 10.0 Å². The lowest BCUT2D eigenvalue weighted by atomic mass is 9.93. The van der Waals surface area contributed by atoms with Gasteiger partial charge in [0.25, 0.3) is 5.91 Å². The molecule has 31 heavy (non-hydrogen) atoms. The van der Waals surface area contributed by atoms with Gasteiger partial charge < -0.3 is 21.2 Å². The monoisotopic (exact) mass is 438 g/mol. The minimum Gasteiger partial charge on any atom is -0.448 e. The number of ether oxygens (including phenoxy) is 1. The lowest BCUT2D eigenvalue weighted by Gasteiger charge is -2.18. The number of anilines is 1. The van der Waals surface area contributed by atoms with Gasteiger partial charge in [-0.15, -0.1) is 6.42 Å². The van der Waals surface area contributed by atoms with E-state index in [4.69, 9.17) is 27.8 Å². The molecule has 7 N–H and O–H groups in total. The van der Waals surface area contributed by atoms with Crippen LogP contribution in [0.15, 0.2) is 53.6 Å². The summed E-state index contributed by atoms with van der Waals surface area (Å²) in [5.74, 6) is 0.255. The molecule has 0 aliphatic rings. The molecule has 9 nitrogen and oxygen atoms in total. The van der Waals surface area contributed by atoms with Crippen LogP contribution in [0.1, 0.15) is 20.8 Å². The summed E-state index contributed by atoms with van der Waals surface area (Å²) in [7, 11) is -4.50. The predicted molar refractivity (Wildman–Crippen MR) is 115 cm³/mol. The van der Waals surface area contributed by atoms with Gasteiger partial charge in [0.05, 0.1) is 11.3 Å². The molecule has 2 aromatic carbocycles. The van der Waals surface area contributed by atoms with Gasteiger partial charge >= 0.3 is 5.97 Å². The van der Waals surface area contributed by atoms with Crippen LogP contribution in [0.3, 0.4) is 0 Å². The summed E-state index contributed by atoms with van der Waals surface area (Å²) in [4.78, 5) is 26.8. The fourth-order valence-corrected chi connectivity index (χ4v) is 4.19. The van der Waals surface area contributed by atoms with Crippen LogP contribution < -0.4 is 16.6 Å². The number of sulfonamides is 1. The third kappa shape index (κ3) is 4.13. The number of nitrogens with two attached hydrogens (primary N) is 3. The molecule has 1 amide bonds. The van der Waals surface area contributed by atoms with Crippen molar-refractivity contribution in [1.82, 2.24) is 4.98 Å². The number of H-pyrrole nitrogens is 1. The zero-order valence-electron chi connectivity index (χ0n) is 16.1. The first-order valence-electron chi connectivity index (χ1n) is 8.79. The third-order valence-electron chi connectivity index (χ3n) is 4.46. The minimum absolute atomic E-state index is 0.0433. The van der Waals surface area contributed by atoms with E-state index in [0.29, 0.717) is 11.1 Å². The summed E-state index contributed by atoms with van der Waals surface area (Å²) in [5.41, 5.74) is 11.9. The van der Waals surface area contributed by atoms with Crippen LogP contribution in [0.4, 0.5) is 5.69 Å². The molecular weight excluding hydrogens is 420 g/mol. The predicted octanol–water partition coefficient (Wildman–Crippen LogP) is 1.47. The molecule has 0 spiro atoms. The van der Waals surface area contributed by atoms with Gasteiger partial charge in [0, 0.05) is 22.9 Å². The molecule has 0 bridgehead atoms. The van der Waals surface area contributed by atoms with Crippen molar-refractivity contribution in [3.63, 3.8) is 0 Å². The van der Waals surface area contributed by atoms with Gasteiger partial charge in [-0.1, -0.05) is 36.3 Å². The molecular formula is C21H18N4O5S. The van der Waals surface area contributed by atoms with E-state index in [0.717, 1.165) is 0 Å². The highest BCUT2D eigenvalue weighted by Crippen LogP contribution is 2.40. The van der Waals surface area contributed by atoms with Crippen LogP contribution in [-0.4, -0.2) is 31.9 Å². The largest absolute Gasteiger partial charge is 0.448 e. The SMILES string of the molecule is C#CCOC(=O)c1[nH]ccc1-c1cc(-c2ccccc2)c(N)c(C(N)=O)c1S(N)(=O)=O. The highest BCUT2D eigenvalue weighted by atomic mass is 32.2. The highest BCUT2D eigenvalue weighted by Gasteiger charge is 2.30. The quantitative estimate of drug-likeness (QED) is 0.258. The molecule has 10 heteroatoms. The van der Waals surface area contributed by atoms with E-state index in [9.17, 15) is 18.0 Å². The number of nitrogens with one attached hydrogen (secondary N) is 1. The molecule has 0 aliphatic carbocycles. The van der Waals surface area contributed by atoms with Crippen LogP contribution in [-0.2, 0) is 14.8 Å². The summed E-state index contributed by atoms with van der Waals surface area (Å²) < 4.78 is 29.9. The van der Waals surface area contributed by atoms with Crippen molar-refractivity contribution in [2.24, 2.45) is 10.9 Å². The summed E-state index contributed by atoms with van der Waals surface area (Å²) >= 11 is 0. The van der Waals surface area contributed by atoms with Gasteiger partial charge in [-0.3, -0.25) is 4.79 Å². The van der Waals surface area contributed by atoms with Gasteiger partial charge in [-0.2, -0.15) is 0 Å². The number of primary amides is 1. The molecule has 1 aromatic heterocycles. The van der Waals surface area contributed by atoms with Crippen molar-refractivity contribution in [2.45, 2.75) is 4.90 Å². The average Bonchev–Trinajstić information content (AvgIpc) is 3.21. The van der Waals surface area contributed by atoms with Crippen molar-refractivity contribution in [3.8, 4) is 34.6 Å². The summed E-state index contributed by atoms with van der Waals surface area (Å²) in [5, 5.41) is 5.42. The second kappa shape index (κ2) is 8.35. The number of carbonyl (C=O) groups excluding carboxylic acids is 2. The smallest absolute Gasteiger partial charge is 0.356 e. The van der Waals surface area contributed by atoms with Gasteiger partial charge in [-0.05, 0) is 17.7 Å². The molecule has 3 aromatic rings. The van der Waals surface area contributed by atoms with Crippen molar-refractivity contribution in [3.05, 3.63) is 59.9 Å². The normalized spacial score (nSPS) is 11.0. The van der Waals surface area contributed by atoms with Gasteiger partial charge in [-0.25, -0.2) is 18.4 Å². The van der Waals surface area contributed by atoms with Crippen LogP contribution in [0, 0.1) is 12.3 Å². The Labute approximate surface area is 178 Å². The number of primary sulfonamides is 1. The van der Waals surface area contributed by atoms with Crippen molar-refractivity contribution >= 4 is 27.6 Å². The van der Waals surface area contributed by atoms with E-state index in [2.05, 4.69) is 10.9 Å². The number of hydrogen-bond acceptors (Lipinski definition) is 6. The zero-order valence-corrected chi connectivity index (χ0v) is 16.9. The number of aromatic nitrogens is 1. The molecule has 158 valence electrons. The fraction of sp³-hybridized carbons (Fsp3) is 0.0476. The number of amides is 1. The lowest BCUT2D eigenvalue weighted by molar-refractivity contribution is 0.0551. The lowest BCUT2D eigenvalue weighted by Crippen LogP contribution is -2.24. The Kier molecular flexibility index (Phi) is 5.83. The summed E-state index contributed by atoms with van der Waals surface area (Å²) in [6, 6.07) is 11.6. The number of nitrogen functional groups attached to an aromatic ring is 1. The molecule has 0 atom stereocenters.